The van der Waals surface area contributed by atoms with Gasteiger partial charge in [-0.15, -0.1) is 0 Å². The molecule has 18 heavy (non-hydrogen) atoms. The fourth-order valence-electron chi connectivity index (χ4n) is 1.56. The summed E-state index contributed by atoms with van der Waals surface area (Å²) in [5.74, 6) is -0.333. The molecule has 1 saturated heterocycles. The van der Waals surface area contributed by atoms with Crippen LogP contribution in [0.1, 0.15) is 23.7 Å². The summed E-state index contributed by atoms with van der Waals surface area (Å²) < 4.78 is 10.1. The van der Waals surface area contributed by atoms with Gasteiger partial charge in [0.05, 0.1) is 13.2 Å². The van der Waals surface area contributed by atoms with Crippen LogP contribution in [0, 0.1) is 0 Å². The zero-order valence-electron chi connectivity index (χ0n) is 10.1. The maximum Gasteiger partial charge on any atom is 0.343 e. The molecule has 1 aromatic rings. The van der Waals surface area contributed by atoms with Crippen LogP contribution in [0.25, 0.3) is 0 Å². The maximum absolute atomic E-state index is 11.5. The fourth-order valence-corrected chi connectivity index (χ4v) is 2.50. The van der Waals surface area contributed by atoms with Gasteiger partial charge in [0, 0.05) is 18.1 Å². The highest BCUT2D eigenvalue weighted by molar-refractivity contribution is 7.99. The largest absolute Gasteiger partial charge is 0.462 e. The minimum atomic E-state index is -0.490. The summed E-state index contributed by atoms with van der Waals surface area (Å²) in [6.07, 6.45) is 2.39. The molecule has 1 atom stereocenters. The third-order valence-electron chi connectivity index (χ3n) is 2.45. The van der Waals surface area contributed by atoms with Gasteiger partial charge in [-0.05, 0) is 13.3 Å². The van der Waals surface area contributed by atoms with Crippen LogP contribution in [0.4, 0.5) is 5.82 Å². The second-order valence-electron chi connectivity index (χ2n) is 3.78. The van der Waals surface area contributed by atoms with E-state index in [0.29, 0.717) is 23.6 Å². The highest BCUT2D eigenvalue weighted by Gasteiger charge is 2.20. The molecule has 1 unspecified atom stereocenters. The van der Waals surface area contributed by atoms with E-state index in [2.05, 4.69) is 9.97 Å². The Balaban J connectivity index is 2.06. The van der Waals surface area contributed by atoms with Crippen molar-refractivity contribution in [1.29, 1.82) is 0 Å². The first kappa shape index (κ1) is 13.1. The second kappa shape index (κ2) is 6.01. The minimum absolute atomic E-state index is 0.157. The van der Waals surface area contributed by atoms with Crippen LogP contribution < -0.4 is 5.73 Å². The maximum atomic E-state index is 11.5. The molecule has 7 heteroatoms. The SMILES string of the molecule is CCOC(=O)c1cnc(SC2CCOC2)nc1N. The standard InChI is InChI=1S/C11H15N3O3S/c1-2-17-10(15)8-5-13-11(14-9(8)12)18-7-3-4-16-6-7/h5,7H,2-4,6H2,1H3,(H2,12,13,14). The molecule has 0 amide bonds. The number of anilines is 1. The van der Waals surface area contributed by atoms with E-state index in [1.807, 2.05) is 0 Å². The molecule has 0 aromatic carbocycles. The Morgan fingerprint density at radius 2 is 2.56 bits per heavy atom. The predicted molar refractivity (Wildman–Crippen MR) is 67.5 cm³/mol. The van der Waals surface area contributed by atoms with Crippen molar-refractivity contribution in [3.05, 3.63) is 11.8 Å². The molecular formula is C11H15N3O3S. The molecule has 1 fully saturated rings. The molecule has 6 nitrogen and oxygen atoms in total. The fraction of sp³-hybridized carbons (Fsp3) is 0.545. The summed E-state index contributed by atoms with van der Waals surface area (Å²) in [4.78, 5) is 19.7. The van der Waals surface area contributed by atoms with Crippen LogP contribution in [0.5, 0.6) is 0 Å². The number of carbonyl (C=O) groups excluding carboxylic acids is 1. The van der Waals surface area contributed by atoms with Crippen LogP contribution in [0.15, 0.2) is 11.4 Å². The Labute approximate surface area is 109 Å². The number of ether oxygens (including phenoxy) is 2. The Morgan fingerprint density at radius 3 is 3.17 bits per heavy atom. The minimum Gasteiger partial charge on any atom is -0.462 e. The lowest BCUT2D eigenvalue weighted by Crippen LogP contribution is -2.11. The number of hydrogen-bond donors (Lipinski definition) is 1. The third-order valence-corrected chi connectivity index (χ3v) is 3.56. The van der Waals surface area contributed by atoms with Crippen LogP contribution in [-0.2, 0) is 9.47 Å². The van der Waals surface area contributed by atoms with Gasteiger partial charge in [0.25, 0.3) is 0 Å². The van der Waals surface area contributed by atoms with E-state index in [1.54, 1.807) is 6.92 Å². The molecule has 0 spiro atoms. The quantitative estimate of drug-likeness (QED) is 0.647. The Hall–Kier alpha value is -1.34. The number of esters is 1. The average Bonchev–Trinajstić information content (AvgIpc) is 2.82. The molecular weight excluding hydrogens is 254 g/mol. The zero-order chi connectivity index (χ0) is 13.0. The number of carbonyl (C=O) groups is 1. The van der Waals surface area contributed by atoms with E-state index >= 15 is 0 Å². The van der Waals surface area contributed by atoms with E-state index in [9.17, 15) is 4.79 Å². The lowest BCUT2D eigenvalue weighted by molar-refractivity contribution is 0.0526. The lowest BCUT2D eigenvalue weighted by Gasteiger charge is -2.08. The van der Waals surface area contributed by atoms with E-state index < -0.39 is 5.97 Å². The molecule has 98 valence electrons. The molecule has 2 N–H and O–H groups in total. The number of rotatable bonds is 4. The van der Waals surface area contributed by atoms with E-state index in [1.165, 1.54) is 18.0 Å². The molecule has 1 aliphatic heterocycles. The van der Waals surface area contributed by atoms with Crippen molar-refractivity contribution < 1.29 is 14.3 Å². The summed E-state index contributed by atoms with van der Waals surface area (Å²) in [6, 6.07) is 0. The van der Waals surface area contributed by atoms with Crippen molar-refractivity contribution in [2.45, 2.75) is 23.8 Å². The molecule has 0 bridgehead atoms. The van der Waals surface area contributed by atoms with Crippen LogP contribution in [0.3, 0.4) is 0 Å². The van der Waals surface area contributed by atoms with Gasteiger partial charge in [-0.3, -0.25) is 0 Å². The molecule has 2 heterocycles. The summed E-state index contributed by atoms with van der Waals surface area (Å²) in [7, 11) is 0. The Bertz CT molecular complexity index is 436. The van der Waals surface area contributed by atoms with Gasteiger partial charge in [-0.25, -0.2) is 14.8 Å². The number of hydrogen-bond acceptors (Lipinski definition) is 7. The first-order valence-corrected chi connectivity index (χ1v) is 6.62. The topological polar surface area (TPSA) is 87.3 Å². The van der Waals surface area contributed by atoms with Gasteiger partial charge in [-0.1, -0.05) is 11.8 Å². The third kappa shape index (κ3) is 3.11. The first-order chi connectivity index (χ1) is 8.70. The number of nitrogens with two attached hydrogens (primary N) is 1. The summed E-state index contributed by atoms with van der Waals surface area (Å²) >= 11 is 1.52. The summed E-state index contributed by atoms with van der Waals surface area (Å²) in [5.41, 5.74) is 5.94. The van der Waals surface area contributed by atoms with Gasteiger partial charge in [-0.2, -0.15) is 0 Å². The van der Waals surface area contributed by atoms with E-state index in [0.717, 1.165) is 13.0 Å². The molecule has 2 rings (SSSR count). The van der Waals surface area contributed by atoms with Crippen molar-refractivity contribution in [3.63, 3.8) is 0 Å². The van der Waals surface area contributed by atoms with Crippen molar-refractivity contribution in [1.82, 2.24) is 9.97 Å². The van der Waals surface area contributed by atoms with Gasteiger partial charge in [0.1, 0.15) is 11.4 Å². The van der Waals surface area contributed by atoms with Crippen LogP contribution in [-0.4, -0.2) is 41.0 Å². The smallest absolute Gasteiger partial charge is 0.343 e. The van der Waals surface area contributed by atoms with Crippen molar-refractivity contribution >= 4 is 23.5 Å². The Morgan fingerprint density at radius 1 is 1.72 bits per heavy atom. The molecule has 1 aliphatic rings. The van der Waals surface area contributed by atoms with Crippen molar-refractivity contribution in [2.75, 3.05) is 25.6 Å². The second-order valence-corrected chi connectivity index (χ2v) is 5.04. The highest BCUT2D eigenvalue weighted by Crippen LogP contribution is 2.26. The van der Waals surface area contributed by atoms with E-state index in [4.69, 9.17) is 15.2 Å². The monoisotopic (exact) mass is 269 g/mol. The van der Waals surface area contributed by atoms with Gasteiger partial charge in [0.2, 0.25) is 0 Å². The number of thioether (sulfide) groups is 1. The number of aromatic nitrogens is 2. The summed E-state index contributed by atoms with van der Waals surface area (Å²) in [5, 5.41) is 0.925. The summed E-state index contributed by atoms with van der Waals surface area (Å²) in [6.45, 7) is 3.51. The van der Waals surface area contributed by atoms with Crippen LogP contribution >= 0.6 is 11.8 Å². The van der Waals surface area contributed by atoms with Crippen molar-refractivity contribution in [2.24, 2.45) is 0 Å². The molecule has 1 aromatic heterocycles. The lowest BCUT2D eigenvalue weighted by atomic mass is 10.3. The van der Waals surface area contributed by atoms with Gasteiger partial charge in [0.15, 0.2) is 5.16 Å². The zero-order valence-corrected chi connectivity index (χ0v) is 10.9. The average molecular weight is 269 g/mol. The Kier molecular flexibility index (Phi) is 4.38. The molecule has 0 aliphatic carbocycles. The van der Waals surface area contributed by atoms with Crippen LogP contribution in [0.2, 0.25) is 0 Å². The normalized spacial score (nSPS) is 18.8. The van der Waals surface area contributed by atoms with E-state index in [-0.39, 0.29) is 11.4 Å². The molecule has 0 radical (unpaired) electrons. The van der Waals surface area contributed by atoms with Crippen molar-refractivity contribution in [3.8, 4) is 0 Å². The predicted octanol–water partition coefficient (Wildman–Crippen LogP) is 1.12. The van der Waals surface area contributed by atoms with Gasteiger partial charge >= 0.3 is 5.97 Å². The highest BCUT2D eigenvalue weighted by atomic mass is 32.2. The number of nitrogens with zero attached hydrogens (tertiary/aromatic N) is 2. The molecule has 0 saturated carbocycles. The first-order valence-electron chi connectivity index (χ1n) is 5.74. The van der Waals surface area contributed by atoms with Gasteiger partial charge < -0.3 is 15.2 Å². The number of nitrogen functional groups attached to an aromatic ring is 1.